The number of nitrogens with zero attached hydrogens (tertiary/aromatic N) is 1. The lowest BCUT2D eigenvalue weighted by molar-refractivity contribution is -0.120. The van der Waals surface area contributed by atoms with E-state index in [0.717, 1.165) is 39.9 Å². The van der Waals surface area contributed by atoms with Gasteiger partial charge in [0, 0.05) is 23.9 Å². The van der Waals surface area contributed by atoms with Gasteiger partial charge in [-0.1, -0.05) is 37.3 Å². The molecule has 0 fully saturated rings. The summed E-state index contributed by atoms with van der Waals surface area (Å²) >= 11 is 0. The maximum absolute atomic E-state index is 11.5. The lowest BCUT2D eigenvalue weighted by Crippen LogP contribution is -2.24. The number of nitrogens with one attached hydrogen (secondary N) is 1. The monoisotopic (exact) mass is 334 g/mol. The second kappa shape index (κ2) is 7.79. The van der Waals surface area contributed by atoms with Crippen LogP contribution >= 0.6 is 0 Å². The minimum absolute atomic E-state index is 0.0687. The van der Waals surface area contributed by atoms with Crippen molar-refractivity contribution >= 4 is 16.8 Å². The van der Waals surface area contributed by atoms with Crippen molar-refractivity contribution in [2.75, 3.05) is 13.7 Å². The summed E-state index contributed by atoms with van der Waals surface area (Å²) in [5.74, 6) is 0.875. The summed E-state index contributed by atoms with van der Waals surface area (Å²) in [5.41, 5.74) is 4.10. The van der Waals surface area contributed by atoms with Gasteiger partial charge in [0.2, 0.25) is 5.91 Å². The number of hydrogen-bond acceptors (Lipinski definition) is 3. The maximum atomic E-state index is 11.5. The van der Waals surface area contributed by atoms with E-state index in [0.29, 0.717) is 13.0 Å². The molecule has 25 heavy (non-hydrogen) atoms. The number of carbonyl (C=O) groups excluding carboxylic acids is 1. The Morgan fingerprint density at radius 3 is 2.64 bits per heavy atom. The zero-order chi connectivity index (χ0) is 17.6. The number of methoxy groups -OCH3 is 1. The average Bonchev–Trinajstić information content (AvgIpc) is 2.67. The van der Waals surface area contributed by atoms with Crippen LogP contribution in [0.1, 0.15) is 18.9 Å². The number of pyridine rings is 1. The summed E-state index contributed by atoms with van der Waals surface area (Å²) in [6.07, 6.45) is 1.25. The predicted molar refractivity (Wildman–Crippen MR) is 101 cm³/mol. The average molecular weight is 334 g/mol. The van der Waals surface area contributed by atoms with Crippen LogP contribution in [0.3, 0.4) is 0 Å². The van der Waals surface area contributed by atoms with Crippen LogP contribution in [0.4, 0.5) is 0 Å². The fourth-order valence-corrected chi connectivity index (χ4v) is 2.83. The molecule has 0 aliphatic heterocycles. The molecule has 0 unspecified atom stereocenters. The normalized spacial score (nSPS) is 10.6. The fraction of sp³-hybridized carbons (Fsp3) is 0.238. The van der Waals surface area contributed by atoms with Crippen LogP contribution in [0, 0.1) is 0 Å². The van der Waals surface area contributed by atoms with E-state index in [1.165, 1.54) is 0 Å². The minimum Gasteiger partial charge on any atom is -0.497 e. The van der Waals surface area contributed by atoms with E-state index < -0.39 is 0 Å². The van der Waals surface area contributed by atoms with Crippen LogP contribution in [0.5, 0.6) is 5.75 Å². The van der Waals surface area contributed by atoms with Gasteiger partial charge in [0.25, 0.3) is 0 Å². The Morgan fingerprint density at radius 2 is 1.92 bits per heavy atom. The van der Waals surface area contributed by atoms with Crippen molar-refractivity contribution < 1.29 is 9.53 Å². The molecular weight excluding hydrogens is 312 g/mol. The first-order valence-corrected chi connectivity index (χ1v) is 8.51. The molecule has 128 valence electrons. The molecule has 4 heteroatoms. The third-order valence-corrected chi connectivity index (χ3v) is 4.21. The molecule has 3 aromatic rings. The van der Waals surface area contributed by atoms with Gasteiger partial charge in [-0.05, 0) is 36.2 Å². The predicted octanol–water partition coefficient (Wildman–Crippen LogP) is 3.98. The molecule has 1 amide bonds. The SMILES string of the molecule is CCC(=O)NCCc1cc(-c2ccccc2)nc2ccc(OC)cc12. The molecule has 0 saturated carbocycles. The van der Waals surface area contributed by atoms with Crippen LogP contribution in [-0.4, -0.2) is 24.5 Å². The standard InChI is InChI=1S/C21H22N2O2/c1-3-21(24)22-12-11-16-13-20(15-7-5-4-6-8-15)23-19-10-9-17(25-2)14-18(16)19/h4-10,13-14H,3,11-12H2,1-2H3,(H,22,24). The molecule has 0 aliphatic carbocycles. The summed E-state index contributed by atoms with van der Waals surface area (Å²) in [7, 11) is 1.66. The Kier molecular flexibility index (Phi) is 5.29. The van der Waals surface area contributed by atoms with E-state index in [-0.39, 0.29) is 5.91 Å². The van der Waals surface area contributed by atoms with Crippen LogP contribution in [0.25, 0.3) is 22.2 Å². The van der Waals surface area contributed by atoms with Crippen molar-refractivity contribution in [2.45, 2.75) is 19.8 Å². The van der Waals surface area contributed by atoms with E-state index in [4.69, 9.17) is 9.72 Å². The molecule has 0 bridgehead atoms. The van der Waals surface area contributed by atoms with Gasteiger partial charge in [0.1, 0.15) is 5.75 Å². The van der Waals surface area contributed by atoms with Gasteiger partial charge in [-0.15, -0.1) is 0 Å². The molecule has 1 N–H and O–H groups in total. The van der Waals surface area contributed by atoms with Crippen LogP contribution < -0.4 is 10.1 Å². The van der Waals surface area contributed by atoms with E-state index >= 15 is 0 Å². The van der Waals surface area contributed by atoms with E-state index in [9.17, 15) is 4.79 Å². The number of fused-ring (bicyclic) bond motifs is 1. The number of hydrogen-bond donors (Lipinski definition) is 1. The number of rotatable bonds is 6. The second-order valence-electron chi connectivity index (χ2n) is 5.87. The number of carbonyl (C=O) groups is 1. The molecule has 0 saturated heterocycles. The van der Waals surface area contributed by atoms with Crippen molar-refractivity contribution in [3.05, 3.63) is 60.2 Å². The second-order valence-corrected chi connectivity index (χ2v) is 5.87. The van der Waals surface area contributed by atoms with Gasteiger partial charge < -0.3 is 10.1 Å². The quantitative estimate of drug-likeness (QED) is 0.742. The molecule has 3 rings (SSSR count). The lowest BCUT2D eigenvalue weighted by atomic mass is 10.0. The number of aromatic nitrogens is 1. The summed E-state index contributed by atoms with van der Waals surface area (Å²) in [4.78, 5) is 16.3. The highest BCUT2D eigenvalue weighted by Gasteiger charge is 2.09. The molecule has 2 aromatic carbocycles. The van der Waals surface area contributed by atoms with Crippen LogP contribution in [0.15, 0.2) is 54.6 Å². The Morgan fingerprint density at radius 1 is 1.12 bits per heavy atom. The van der Waals surface area contributed by atoms with E-state index in [2.05, 4.69) is 23.5 Å². The van der Waals surface area contributed by atoms with Crippen LogP contribution in [0.2, 0.25) is 0 Å². The van der Waals surface area contributed by atoms with Crippen molar-refractivity contribution in [2.24, 2.45) is 0 Å². The van der Waals surface area contributed by atoms with Gasteiger partial charge in [-0.25, -0.2) is 4.98 Å². The molecule has 1 heterocycles. The Hall–Kier alpha value is -2.88. The molecule has 0 atom stereocenters. The summed E-state index contributed by atoms with van der Waals surface area (Å²) in [6, 6.07) is 18.1. The van der Waals surface area contributed by atoms with Gasteiger partial charge in [-0.2, -0.15) is 0 Å². The topological polar surface area (TPSA) is 51.2 Å². The molecule has 0 spiro atoms. The Balaban J connectivity index is 2.01. The Bertz CT molecular complexity index is 876. The highest BCUT2D eigenvalue weighted by molar-refractivity contribution is 5.86. The van der Waals surface area contributed by atoms with Gasteiger partial charge in [0.05, 0.1) is 18.3 Å². The first-order chi connectivity index (χ1) is 12.2. The zero-order valence-electron chi connectivity index (χ0n) is 14.6. The van der Waals surface area contributed by atoms with E-state index in [1.807, 2.05) is 43.3 Å². The zero-order valence-corrected chi connectivity index (χ0v) is 14.6. The largest absolute Gasteiger partial charge is 0.497 e. The number of benzene rings is 2. The summed E-state index contributed by atoms with van der Waals surface area (Å²) in [5, 5.41) is 4.00. The summed E-state index contributed by atoms with van der Waals surface area (Å²) in [6.45, 7) is 2.47. The fourth-order valence-electron chi connectivity index (χ4n) is 2.83. The highest BCUT2D eigenvalue weighted by atomic mass is 16.5. The number of amides is 1. The van der Waals surface area contributed by atoms with Gasteiger partial charge in [0.15, 0.2) is 0 Å². The maximum Gasteiger partial charge on any atom is 0.219 e. The summed E-state index contributed by atoms with van der Waals surface area (Å²) < 4.78 is 5.35. The number of ether oxygens (including phenoxy) is 1. The third-order valence-electron chi connectivity index (χ3n) is 4.21. The first kappa shape index (κ1) is 17.0. The Labute approximate surface area is 147 Å². The first-order valence-electron chi connectivity index (χ1n) is 8.51. The molecule has 1 aromatic heterocycles. The molecular formula is C21H22N2O2. The minimum atomic E-state index is 0.0687. The molecule has 4 nitrogen and oxygen atoms in total. The smallest absolute Gasteiger partial charge is 0.219 e. The van der Waals surface area contributed by atoms with E-state index in [1.54, 1.807) is 7.11 Å². The van der Waals surface area contributed by atoms with Crippen molar-refractivity contribution in [1.29, 1.82) is 0 Å². The molecule has 0 radical (unpaired) electrons. The van der Waals surface area contributed by atoms with Crippen molar-refractivity contribution in [3.8, 4) is 17.0 Å². The molecule has 0 aliphatic rings. The van der Waals surface area contributed by atoms with Crippen molar-refractivity contribution in [3.63, 3.8) is 0 Å². The van der Waals surface area contributed by atoms with Crippen molar-refractivity contribution in [1.82, 2.24) is 10.3 Å². The lowest BCUT2D eigenvalue weighted by Gasteiger charge is -2.12. The highest BCUT2D eigenvalue weighted by Crippen LogP contribution is 2.27. The van der Waals surface area contributed by atoms with Gasteiger partial charge in [-0.3, -0.25) is 4.79 Å². The van der Waals surface area contributed by atoms with Gasteiger partial charge >= 0.3 is 0 Å². The van der Waals surface area contributed by atoms with Crippen LogP contribution in [-0.2, 0) is 11.2 Å². The third kappa shape index (κ3) is 3.97.